The fraction of sp³-hybridized carbons (Fsp3) is 0.273. The van der Waals surface area contributed by atoms with E-state index in [4.69, 9.17) is 0 Å². The van der Waals surface area contributed by atoms with Crippen LogP contribution in [0.3, 0.4) is 0 Å². The standard InChI is InChI=1S/C22H21FN4O2S2/c1-11-13(3)30-21-19(11)20(29)25-17(26-21)8-9-18(28)27-22-24-12(2)16(31-22)10-14-6-4-5-7-15(14)23/h4-7H,8-10H2,1-3H3,(H,24,27,28)(H,25,26,29). The van der Waals surface area contributed by atoms with E-state index in [2.05, 4.69) is 20.3 Å². The van der Waals surface area contributed by atoms with Gasteiger partial charge in [0.25, 0.3) is 5.56 Å². The second-order valence-corrected chi connectivity index (χ2v) is 9.61. The van der Waals surface area contributed by atoms with Gasteiger partial charge in [0.15, 0.2) is 5.13 Å². The van der Waals surface area contributed by atoms with Gasteiger partial charge >= 0.3 is 0 Å². The maximum Gasteiger partial charge on any atom is 0.259 e. The normalized spacial score (nSPS) is 11.2. The number of aromatic amines is 1. The number of halogens is 1. The molecule has 4 aromatic rings. The number of rotatable bonds is 6. The summed E-state index contributed by atoms with van der Waals surface area (Å²) in [7, 11) is 0. The highest BCUT2D eigenvalue weighted by molar-refractivity contribution is 7.18. The maximum absolute atomic E-state index is 13.9. The largest absolute Gasteiger partial charge is 0.310 e. The Morgan fingerprint density at radius 2 is 1.94 bits per heavy atom. The van der Waals surface area contributed by atoms with E-state index in [0.717, 1.165) is 21.0 Å². The van der Waals surface area contributed by atoms with Crippen molar-refractivity contribution in [3.63, 3.8) is 0 Å². The van der Waals surface area contributed by atoms with Crippen LogP contribution >= 0.6 is 22.7 Å². The fourth-order valence-corrected chi connectivity index (χ4v) is 5.34. The Balaban J connectivity index is 1.41. The smallest absolute Gasteiger partial charge is 0.259 e. The molecule has 0 radical (unpaired) electrons. The Labute approximate surface area is 186 Å². The first-order valence-electron chi connectivity index (χ1n) is 9.80. The molecule has 3 aromatic heterocycles. The van der Waals surface area contributed by atoms with Crippen molar-refractivity contribution in [3.8, 4) is 0 Å². The van der Waals surface area contributed by atoms with Crippen molar-refractivity contribution in [1.82, 2.24) is 15.0 Å². The molecular weight excluding hydrogens is 435 g/mol. The number of aromatic nitrogens is 3. The van der Waals surface area contributed by atoms with E-state index >= 15 is 0 Å². The summed E-state index contributed by atoms with van der Waals surface area (Å²) >= 11 is 2.82. The van der Waals surface area contributed by atoms with Crippen LogP contribution in [0.1, 0.15) is 38.8 Å². The molecule has 31 heavy (non-hydrogen) atoms. The molecule has 0 saturated carbocycles. The van der Waals surface area contributed by atoms with Crippen molar-refractivity contribution in [2.75, 3.05) is 5.32 Å². The lowest BCUT2D eigenvalue weighted by Crippen LogP contribution is -2.16. The van der Waals surface area contributed by atoms with Crippen molar-refractivity contribution in [1.29, 1.82) is 0 Å². The summed E-state index contributed by atoms with van der Waals surface area (Å²) in [4.78, 5) is 39.1. The molecule has 6 nitrogen and oxygen atoms in total. The first-order chi connectivity index (χ1) is 14.8. The lowest BCUT2D eigenvalue weighted by molar-refractivity contribution is -0.116. The van der Waals surface area contributed by atoms with Crippen LogP contribution in [-0.2, 0) is 17.6 Å². The fourth-order valence-electron chi connectivity index (χ4n) is 3.29. The number of hydrogen-bond donors (Lipinski definition) is 2. The van der Waals surface area contributed by atoms with Gasteiger partial charge in [-0.3, -0.25) is 9.59 Å². The zero-order valence-electron chi connectivity index (χ0n) is 17.3. The number of H-pyrrole nitrogens is 1. The number of carbonyl (C=O) groups excluding carboxylic acids is 1. The van der Waals surface area contributed by atoms with E-state index in [1.807, 2.05) is 20.8 Å². The highest BCUT2D eigenvalue weighted by Crippen LogP contribution is 2.27. The average molecular weight is 457 g/mol. The number of nitrogens with zero attached hydrogens (tertiary/aromatic N) is 2. The molecule has 0 saturated heterocycles. The van der Waals surface area contributed by atoms with Gasteiger partial charge in [-0.2, -0.15) is 0 Å². The number of fused-ring (bicyclic) bond motifs is 1. The molecule has 1 amide bonds. The third kappa shape index (κ3) is 4.57. The Morgan fingerprint density at radius 3 is 2.71 bits per heavy atom. The second-order valence-electron chi connectivity index (χ2n) is 7.32. The molecule has 0 unspecified atom stereocenters. The minimum absolute atomic E-state index is 0.166. The third-order valence-electron chi connectivity index (χ3n) is 5.12. The van der Waals surface area contributed by atoms with Gasteiger partial charge in [-0.1, -0.05) is 18.2 Å². The van der Waals surface area contributed by atoms with Crippen LogP contribution in [0.15, 0.2) is 29.1 Å². The quantitative estimate of drug-likeness (QED) is 0.441. The molecule has 2 N–H and O–H groups in total. The minimum atomic E-state index is -0.254. The Morgan fingerprint density at radius 1 is 1.16 bits per heavy atom. The molecule has 0 aliphatic rings. The molecule has 160 valence electrons. The Hall–Kier alpha value is -2.91. The van der Waals surface area contributed by atoms with Crippen molar-refractivity contribution < 1.29 is 9.18 Å². The number of amides is 1. The maximum atomic E-state index is 13.9. The lowest BCUT2D eigenvalue weighted by Gasteiger charge is -2.02. The molecule has 0 atom stereocenters. The SMILES string of the molecule is Cc1nc(NC(=O)CCc2nc3sc(C)c(C)c3c(=O)[nH]2)sc1Cc1ccccc1F. The first-order valence-corrected chi connectivity index (χ1v) is 11.4. The van der Waals surface area contributed by atoms with Gasteiger partial charge in [0.05, 0.1) is 11.1 Å². The predicted octanol–water partition coefficient (Wildman–Crippen LogP) is 4.67. The molecule has 1 aromatic carbocycles. The van der Waals surface area contributed by atoms with Crippen LogP contribution in [0.5, 0.6) is 0 Å². The van der Waals surface area contributed by atoms with Gasteiger partial charge in [-0.25, -0.2) is 14.4 Å². The molecule has 0 bridgehead atoms. The van der Waals surface area contributed by atoms with E-state index in [9.17, 15) is 14.0 Å². The summed E-state index contributed by atoms with van der Waals surface area (Å²) in [6, 6.07) is 6.63. The van der Waals surface area contributed by atoms with Gasteiger partial charge < -0.3 is 10.3 Å². The molecule has 3 heterocycles. The lowest BCUT2D eigenvalue weighted by atomic mass is 10.1. The topological polar surface area (TPSA) is 87.7 Å². The number of thiophene rings is 1. The Bertz CT molecular complexity index is 1340. The molecular formula is C22H21FN4O2S2. The molecule has 0 spiro atoms. The van der Waals surface area contributed by atoms with E-state index in [0.29, 0.717) is 39.6 Å². The van der Waals surface area contributed by atoms with E-state index < -0.39 is 0 Å². The predicted molar refractivity (Wildman–Crippen MR) is 123 cm³/mol. The monoisotopic (exact) mass is 456 g/mol. The van der Waals surface area contributed by atoms with E-state index in [-0.39, 0.29) is 23.7 Å². The zero-order chi connectivity index (χ0) is 22.1. The zero-order valence-corrected chi connectivity index (χ0v) is 19.0. The molecule has 4 rings (SSSR count). The summed E-state index contributed by atoms with van der Waals surface area (Å²) < 4.78 is 13.9. The minimum Gasteiger partial charge on any atom is -0.310 e. The Kier molecular flexibility index (Phi) is 5.97. The van der Waals surface area contributed by atoms with Crippen molar-refractivity contribution in [2.45, 2.75) is 40.0 Å². The molecule has 9 heteroatoms. The number of carbonyl (C=O) groups is 1. The average Bonchev–Trinajstić information content (AvgIpc) is 3.20. The molecule has 0 aliphatic carbocycles. The van der Waals surface area contributed by atoms with Crippen LogP contribution in [0.2, 0.25) is 0 Å². The summed E-state index contributed by atoms with van der Waals surface area (Å²) in [6.07, 6.45) is 0.912. The number of aryl methyl sites for hydroxylation is 4. The third-order valence-corrected chi connectivity index (χ3v) is 7.30. The summed E-state index contributed by atoms with van der Waals surface area (Å²) in [6.45, 7) is 5.72. The van der Waals surface area contributed by atoms with Crippen molar-refractivity contribution in [2.24, 2.45) is 0 Å². The van der Waals surface area contributed by atoms with Crippen LogP contribution < -0.4 is 10.9 Å². The number of benzene rings is 1. The van der Waals surface area contributed by atoms with Gasteiger partial charge in [-0.15, -0.1) is 22.7 Å². The van der Waals surface area contributed by atoms with Crippen LogP contribution in [0, 0.1) is 26.6 Å². The summed E-state index contributed by atoms with van der Waals surface area (Å²) in [5, 5.41) is 3.90. The second kappa shape index (κ2) is 8.68. The van der Waals surface area contributed by atoms with Gasteiger partial charge in [0.2, 0.25) is 5.91 Å². The number of anilines is 1. The number of nitrogens with one attached hydrogen (secondary N) is 2. The number of thiazole rings is 1. The first kappa shape index (κ1) is 21.3. The van der Waals surface area contributed by atoms with Gasteiger partial charge in [-0.05, 0) is 38.0 Å². The van der Waals surface area contributed by atoms with Crippen LogP contribution in [0.4, 0.5) is 9.52 Å². The van der Waals surface area contributed by atoms with Crippen LogP contribution in [-0.4, -0.2) is 20.9 Å². The number of hydrogen-bond acceptors (Lipinski definition) is 6. The van der Waals surface area contributed by atoms with Gasteiger partial charge in [0.1, 0.15) is 16.5 Å². The summed E-state index contributed by atoms with van der Waals surface area (Å²) in [5.74, 6) is 0.0208. The van der Waals surface area contributed by atoms with Crippen LogP contribution in [0.25, 0.3) is 10.2 Å². The highest BCUT2D eigenvalue weighted by Gasteiger charge is 2.15. The van der Waals surface area contributed by atoms with E-state index in [1.54, 1.807) is 18.2 Å². The van der Waals surface area contributed by atoms with E-state index in [1.165, 1.54) is 28.7 Å². The molecule has 0 fully saturated rings. The van der Waals surface area contributed by atoms with Crippen molar-refractivity contribution >= 4 is 43.9 Å². The highest BCUT2D eigenvalue weighted by atomic mass is 32.1. The van der Waals surface area contributed by atoms with Crippen molar-refractivity contribution in [3.05, 3.63) is 72.8 Å². The summed E-state index contributed by atoms with van der Waals surface area (Å²) in [5.41, 5.74) is 2.14. The van der Waals surface area contributed by atoms with Gasteiger partial charge in [0, 0.05) is 29.0 Å². The molecule has 0 aliphatic heterocycles.